The molecule has 0 saturated carbocycles. The minimum Gasteiger partial charge on any atom is -0.381 e. The molecule has 1 saturated heterocycles. The summed E-state index contributed by atoms with van der Waals surface area (Å²) >= 11 is 0. The molecule has 18 heavy (non-hydrogen) atoms. The van der Waals surface area contributed by atoms with E-state index in [2.05, 4.69) is 33.0 Å². The van der Waals surface area contributed by atoms with Crippen molar-refractivity contribution in [3.05, 3.63) is 0 Å². The first kappa shape index (κ1) is 15.9. The van der Waals surface area contributed by atoms with Crippen LogP contribution in [0.5, 0.6) is 0 Å². The topological polar surface area (TPSA) is 30.5 Å². The van der Waals surface area contributed by atoms with E-state index in [-0.39, 0.29) is 5.60 Å². The second kappa shape index (κ2) is 6.88. The molecule has 1 heterocycles. The number of ether oxygens (including phenoxy) is 2. The smallest absolute Gasteiger partial charge is 0.0623 e. The lowest BCUT2D eigenvalue weighted by Gasteiger charge is -2.40. The Hall–Kier alpha value is -0.120. The molecule has 0 aromatic rings. The molecule has 3 nitrogen and oxygen atoms in total. The van der Waals surface area contributed by atoms with Gasteiger partial charge in [-0.25, -0.2) is 0 Å². The minimum atomic E-state index is -0.0255. The predicted octanol–water partition coefficient (Wildman–Crippen LogP) is 2.99. The van der Waals surface area contributed by atoms with Crippen molar-refractivity contribution in [2.45, 2.75) is 65.0 Å². The highest BCUT2D eigenvalue weighted by Crippen LogP contribution is 2.35. The van der Waals surface area contributed by atoms with Gasteiger partial charge in [0.1, 0.15) is 0 Å². The van der Waals surface area contributed by atoms with Crippen molar-refractivity contribution in [3.8, 4) is 0 Å². The molecule has 108 valence electrons. The van der Waals surface area contributed by atoms with Crippen LogP contribution in [-0.2, 0) is 9.47 Å². The van der Waals surface area contributed by atoms with E-state index in [0.29, 0.717) is 11.5 Å². The summed E-state index contributed by atoms with van der Waals surface area (Å²) < 4.78 is 11.3. The van der Waals surface area contributed by atoms with Gasteiger partial charge in [0.25, 0.3) is 0 Å². The predicted molar refractivity (Wildman–Crippen MR) is 75.9 cm³/mol. The molecule has 0 aromatic carbocycles. The monoisotopic (exact) mass is 257 g/mol. The van der Waals surface area contributed by atoms with Crippen LogP contribution in [0.2, 0.25) is 0 Å². The van der Waals surface area contributed by atoms with Crippen LogP contribution < -0.4 is 5.32 Å². The van der Waals surface area contributed by atoms with Crippen LogP contribution in [0.1, 0.15) is 53.4 Å². The van der Waals surface area contributed by atoms with Gasteiger partial charge in [-0.2, -0.15) is 0 Å². The first-order chi connectivity index (χ1) is 8.39. The molecular formula is C15H31NO2. The standard InChI is InChI=1S/C15H31NO2/c1-13(2)16-11-15(7-6-10-18-12-15)9-8-14(3,4)17-5/h13,16H,6-12H2,1-5H3. The first-order valence-corrected chi connectivity index (χ1v) is 7.25. The van der Waals surface area contributed by atoms with Crippen molar-refractivity contribution in [3.63, 3.8) is 0 Å². The molecule has 1 unspecified atom stereocenters. The third kappa shape index (κ3) is 5.25. The van der Waals surface area contributed by atoms with Crippen molar-refractivity contribution in [1.29, 1.82) is 0 Å². The van der Waals surface area contributed by atoms with Crippen molar-refractivity contribution in [2.24, 2.45) is 5.41 Å². The Morgan fingerprint density at radius 3 is 2.61 bits per heavy atom. The number of hydrogen-bond acceptors (Lipinski definition) is 3. The highest BCUT2D eigenvalue weighted by molar-refractivity contribution is 4.87. The van der Waals surface area contributed by atoms with E-state index in [4.69, 9.17) is 9.47 Å². The molecule has 1 fully saturated rings. The Morgan fingerprint density at radius 2 is 2.11 bits per heavy atom. The van der Waals surface area contributed by atoms with Crippen molar-refractivity contribution in [1.82, 2.24) is 5.32 Å². The number of methoxy groups -OCH3 is 1. The normalized spacial score (nSPS) is 25.7. The van der Waals surface area contributed by atoms with Crippen LogP contribution >= 0.6 is 0 Å². The van der Waals surface area contributed by atoms with Gasteiger partial charge in [-0.15, -0.1) is 0 Å². The second-order valence-corrected chi connectivity index (χ2v) is 6.66. The third-order valence-electron chi connectivity index (χ3n) is 4.10. The molecule has 0 bridgehead atoms. The SMILES string of the molecule is COC(C)(C)CCC1(CNC(C)C)CCCOC1. The lowest BCUT2D eigenvalue weighted by atomic mass is 9.76. The molecule has 1 aliphatic rings. The zero-order chi connectivity index (χ0) is 13.6. The van der Waals surface area contributed by atoms with Crippen LogP contribution in [0.25, 0.3) is 0 Å². The largest absolute Gasteiger partial charge is 0.381 e. The van der Waals surface area contributed by atoms with Gasteiger partial charge < -0.3 is 14.8 Å². The summed E-state index contributed by atoms with van der Waals surface area (Å²) in [6.07, 6.45) is 4.72. The highest BCUT2D eigenvalue weighted by atomic mass is 16.5. The van der Waals surface area contributed by atoms with Crippen molar-refractivity contribution >= 4 is 0 Å². The average Bonchev–Trinajstić information content (AvgIpc) is 2.36. The summed E-state index contributed by atoms with van der Waals surface area (Å²) in [7, 11) is 1.80. The second-order valence-electron chi connectivity index (χ2n) is 6.66. The van der Waals surface area contributed by atoms with Crippen LogP contribution in [0, 0.1) is 5.41 Å². The third-order valence-corrected chi connectivity index (χ3v) is 4.10. The summed E-state index contributed by atoms with van der Waals surface area (Å²) in [4.78, 5) is 0. The molecule has 1 aliphatic heterocycles. The summed E-state index contributed by atoms with van der Waals surface area (Å²) in [5, 5.41) is 3.59. The average molecular weight is 257 g/mol. The first-order valence-electron chi connectivity index (χ1n) is 7.25. The van der Waals surface area contributed by atoms with E-state index in [1.165, 1.54) is 19.3 Å². The highest BCUT2D eigenvalue weighted by Gasteiger charge is 2.34. The van der Waals surface area contributed by atoms with Gasteiger partial charge in [0, 0.05) is 31.7 Å². The Bertz CT molecular complexity index is 233. The summed E-state index contributed by atoms with van der Waals surface area (Å²) in [5.74, 6) is 0. The van der Waals surface area contributed by atoms with Crippen LogP contribution in [0.3, 0.4) is 0 Å². The Labute approximate surface area is 113 Å². The lowest BCUT2D eigenvalue weighted by molar-refractivity contribution is -0.0392. The van der Waals surface area contributed by atoms with E-state index < -0.39 is 0 Å². The molecule has 3 heteroatoms. The summed E-state index contributed by atoms with van der Waals surface area (Å²) in [6, 6.07) is 0.541. The number of nitrogens with one attached hydrogen (secondary N) is 1. The summed E-state index contributed by atoms with van der Waals surface area (Å²) in [6.45, 7) is 11.6. The molecule has 0 spiro atoms. The van der Waals surface area contributed by atoms with Gasteiger partial charge in [-0.3, -0.25) is 0 Å². The zero-order valence-corrected chi connectivity index (χ0v) is 12.8. The number of hydrogen-bond donors (Lipinski definition) is 1. The van der Waals surface area contributed by atoms with E-state index >= 15 is 0 Å². The van der Waals surface area contributed by atoms with Gasteiger partial charge in [-0.1, -0.05) is 13.8 Å². The van der Waals surface area contributed by atoms with Crippen molar-refractivity contribution < 1.29 is 9.47 Å². The van der Waals surface area contributed by atoms with E-state index in [1.54, 1.807) is 7.11 Å². The lowest BCUT2D eigenvalue weighted by Crippen LogP contribution is -2.44. The van der Waals surface area contributed by atoms with E-state index in [1.807, 2.05) is 0 Å². The molecule has 0 aromatic heterocycles. The fourth-order valence-electron chi connectivity index (χ4n) is 2.42. The molecule has 0 radical (unpaired) electrons. The fraction of sp³-hybridized carbons (Fsp3) is 1.00. The Balaban J connectivity index is 2.54. The number of rotatable bonds is 7. The Kier molecular flexibility index (Phi) is 6.09. The van der Waals surface area contributed by atoms with Crippen LogP contribution in [0.15, 0.2) is 0 Å². The van der Waals surface area contributed by atoms with Crippen LogP contribution in [-0.4, -0.2) is 38.5 Å². The Morgan fingerprint density at radius 1 is 1.39 bits per heavy atom. The fourth-order valence-corrected chi connectivity index (χ4v) is 2.42. The van der Waals surface area contributed by atoms with Gasteiger partial charge >= 0.3 is 0 Å². The van der Waals surface area contributed by atoms with Gasteiger partial charge in [0.2, 0.25) is 0 Å². The maximum absolute atomic E-state index is 5.74. The molecular weight excluding hydrogens is 226 g/mol. The van der Waals surface area contributed by atoms with Gasteiger partial charge in [0.05, 0.1) is 12.2 Å². The molecule has 0 aliphatic carbocycles. The minimum absolute atomic E-state index is 0.0255. The maximum atomic E-state index is 5.74. The maximum Gasteiger partial charge on any atom is 0.0623 e. The summed E-state index contributed by atoms with van der Waals surface area (Å²) in [5.41, 5.74) is 0.278. The van der Waals surface area contributed by atoms with Gasteiger partial charge in [-0.05, 0) is 39.5 Å². The van der Waals surface area contributed by atoms with Crippen LogP contribution in [0.4, 0.5) is 0 Å². The molecule has 1 rings (SSSR count). The zero-order valence-electron chi connectivity index (χ0n) is 12.8. The molecule has 1 atom stereocenters. The van der Waals surface area contributed by atoms with Gasteiger partial charge in [0.15, 0.2) is 0 Å². The van der Waals surface area contributed by atoms with E-state index in [9.17, 15) is 0 Å². The molecule has 1 N–H and O–H groups in total. The van der Waals surface area contributed by atoms with Crippen molar-refractivity contribution in [2.75, 3.05) is 26.9 Å². The van der Waals surface area contributed by atoms with E-state index in [0.717, 1.165) is 26.2 Å². The quantitative estimate of drug-likeness (QED) is 0.760. The molecule has 0 amide bonds.